The molecule has 1 unspecified atom stereocenters. The maximum atomic E-state index is 13.8. The molecule has 0 bridgehead atoms. The van der Waals surface area contributed by atoms with Crippen LogP contribution in [0.15, 0.2) is 0 Å². The van der Waals surface area contributed by atoms with Crippen LogP contribution in [0.25, 0.3) is 0 Å². The molecule has 1 fully saturated rings. The molecule has 0 aromatic carbocycles. The van der Waals surface area contributed by atoms with E-state index in [1.165, 1.54) is 0 Å². The molecule has 4 nitrogen and oxygen atoms in total. The Kier molecular flexibility index (Phi) is 6.20. The number of alkyl halides is 1. The lowest BCUT2D eigenvalue weighted by Gasteiger charge is -2.29. The maximum Gasteiger partial charge on any atom is 0.166 e. The van der Waals surface area contributed by atoms with Crippen LogP contribution in [0, 0.1) is 0 Å². The molecular formula is C11H25FN4. The van der Waals surface area contributed by atoms with Crippen molar-refractivity contribution in [2.24, 2.45) is 0 Å². The van der Waals surface area contributed by atoms with E-state index in [0.717, 1.165) is 39.3 Å². The van der Waals surface area contributed by atoms with Crippen LogP contribution in [0.5, 0.6) is 0 Å². The average molecular weight is 232 g/mol. The third-order valence-electron chi connectivity index (χ3n) is 3.12. The molecule has 0 aromatic heterocycles. The summed E-state index contributed by atoms with van der Waals surface area (Å²) in [6.07, 6.45) is -0.863. The van der Waals surface area contributed by atoms with Gasteiger partial charge in [0.25, 0.3) is 0 Å². The number of nitrogens with zero attached hydrogens (tertiary/aromatic N) is 3. The highest BCUT2D eigenvalue weighted by Crippen LogP contribution is 2.01. The maximum absolute atomic E-state index is 13.8. The van der Waals surface area contributed by atoms with Crippen molar-refractivity contribution in [1.82, 2.24) is 20.0 Å². The van der Waals surface area contributed by atoms with Gasteiger partial charge in [0.1, 0.15) is 0 Å². The van der Waals surface area contributed by atoms with Crippen LogP contribution in [-0.4, -0.2) is 88.0 Å². The minimum absolute atomic E-state index is 0.488. The molecule has 1 aliphatic heterocycles. The van der Waals surface area contributed by atoms with Gasteiger partial charge in [0.15, 0.2) is 6.30 Å². The van der Waals surface area contributed by atoms with Gasteiger partial charge in [0.2, 0.25) is 0 Å². The second kappa shape index (κ2) is 7.17. The Balaban J connectivity index is 2.43. The van der Waals surface area contributed by atoms with Crippen LogP contribution < -0.4 is 5.32 Å². The van der Waals surface area contributed by atoms with E-state index in [1.54, 1.807) is 4.90 Å². The highest BCUT2D eigenvalue weighted by atomic mass is 19.1. The molecule has 1 rings (SSSR count). The second-order valence-electron chi connectivity index (χ2n) is 4.73. The van der Waals surface area contributed by atoms with E-state index in [4.69, 9.17) is 0 Å². The van der Waals surface area contributed by atoms with E-state index >= 15 is 0 Å². The highest BCUT2D eigenvalue weighted by molar-refractivity contribution is 4.67. The molecule has 0 aromatic rings. The summed E-state index contributed by atoms with van der Waals surface area (Å²) in [5, 5.41) is 3.37. The van der Waals surface area contributed by atoms with Crippen molar-refractivity contribution < 1.29 is 4.39 Å². The first-order chi connectivity index (χ1) is 7.59. The first-order valence-electron chi connectivity index (χ1n) is 6.01. The molecule has 0 spiro atoms. The van der Waals surface area contributed by atoms with Crippen LogP contribution in [0.3, 0.4) is 0 Å². The Bertz CT molecular complexity index is 191. The van der Waals surface area contributed by atoms with Crippen molar-refractivity contribution in [2.45, 2.75) is 6.30 Å². The van der Waals surface area contributed by atoms with E-state index in [-0.39, 0.29) is 0 Å². The Morgan fingerprint density at radius 1 is 0.938 bits per heavy atom. The summed E-state index contributed by atoms with van der Waals surface area (Å²) in [5.41, 5.74) is 0. The van der Waals surface area contributed by atoms with Crippen LogP contribution in [0.2, 0.25) is 0 Å². The number of hydrogen-bond acceptors (Lipinski definition) is 4. The number of hydrogen-bond donors (Lipinski definition) is 1. The largest absolute Gasteiger partial charge is 0.314 e. The lowest BCUT2D eigenvalue weighted by molar-refractivity contribution is 0.0661. The number of rotatable bonds is 0. The van der Waals surface area contributed by atoms with Crippen molar-refractivity contribution in [3.8, 4) is 0 Å². The van der Waals surface area contributed by atoms with Crippen molar-refractivity contribution in [3.05, 3.63) is 0 Å². The summed E-state index contributed by atoms with van der Waals surface area (Å²) < 4.78 is 13.8. The van der Waals surface area contributed by atoms with Crippen molar-refractivity contribution >= 4 is 0 Å². The monoisotopic (exact) mass is 232 g/mol. The van der Waals surface area contributed by atoms with Crippen LogP contribution in [0.4, 0.5) is 4.39 Å². The summed E-state index contributed by atoms with van der Waals surface area (Å²) >= 11 is 0. The van der Waals surface area contributed by atoms with Gasteiger partial charge in [-0.2, -0.15) is 0 Å². The predicted octanol–water partition coefficient (Wildman–Crippen LogP) is -0.319. The van der Waals surface area contributed by atoms with E-state index in [0.29, 0.717) is 6.54 Å². The molecule has 5 heteroatoms. The minimum Gasteiger partial charge on any atom is -0.314 e. The Labute approximate surface area is 98.4 Å². The van der Waals surface area contributed by atoms with Gasteiger partial charge in [0, 0.05) is 45.8 Å². The molecule has 96 valence electrons. The normalized spacial score (nSPS) is 29.6. The van der Waals surface area contributed by atoms with Crippen LogP contribution in [0.1, 0.15) is 0 Å². The van der Waals surface area contributed by atoms with Gasteiger partial charge in [-0.3, -0.25) is 4.90 Å². The molecule has 1 heterocycles. The zero-order valence-corrected chi connectivity index (χ0v) is 10.7. The first kappa shape index (κ1) is 13.8. The lowest BCUT2D eigenvalue weighted by Crippen LogP contribution is -2.45. The quantitative estimate of drug-likeness (QED) is 0.578. The highest BCUT2D eigenvalue weighted by Gasteiger charge is 2.16. The summed E-state index contributed by atoms with van der Waals surface area (Å²) in [4.78, 5) is 6.07. The van der Waals surface area contributed by atoms with Crippen molar-refractivity contribution in [2.75, 3.05) is 67.0 Å². The SMILES string of the molecule is CN1CCNCCN(C)CC(F)N(C)CC1. The first-order valence-corrected chi connectivity index (χ1v) is 6.01. The molecule has 1 aliphatic rings. The summed E-state index contributed by atoms with van der Waals surface area (Å²) in [6, 6.07) is 0. The third-order valence-corrected chi connectivity index (χ3v) is 3.12. The fraction of sp³-hybridized carbons (Fsp3) is 1.00. The number of likely N-dealkylation sites (N-methyl/N-ethyl adjacent to an activating group) is 3. The van der Waals surface area contributed by atoms with Crippen LogP contribution in [-0.2, 0) is 0 Å². The smallest absolute Gasteiger partial charge is 0.166 e. The van der Waals surface area contributed by atoms with Crippen LogP contribution >= 0.6 is 0 Å². The molecule has 1 atom stereocenters. The topological polar surface area (TPSA) is 21.8 Å². The second-order valence-corrected chi connectivity index (χ2v) is 4.73. The van der Waals surface area contributed by atoms with Gasteiger partial charge in [-0.15, -0.1) is 0 Å². The standard InChI is InChI=1S/C11H25FN4/c1-14-6-4-13-5-7-15(2)10-11(12)16(3)9-8-14/h11,13H,4-10H2,1-3H3. The van der Waals surface area contributed by atoms with E-state index in [9.17, 15) is 4.39 Å². The zero-order valence-electron chi connectivity index (χ0n) is 10.7. The number of halogens is 1. The van der Waals surface area contributed by atoms with Gasteiger partial charge in [-0.1, -0.05) is 0 Å². The molecule has 0 amide bonds. The molecule has 16 heavy (non-hydrogen) atoms. The molecule has 0 saturated carbocycles. The fourth-order valence-corrected chi connectivity index (χ4v) is 1.73. The Morgan fingerprint density at radius 3 is 2.25 bits per heavy atom. The van der Waals surface area contributed by atoms with E-state index in [2.05, 4.69) is 17.3 Å². The molecule has 1 N–H and O–H groups in total. The third kappa shape index (κ3) is 5.21. The van der Waals surface area contributed by atoms with Gasteiger partial charge >= 0.3 is 0 Å². The molecular weight excluding hydrogens is 207 g/mol. The molecule has 0 radical (unpaired) electrons. The average Bonchev–Trinajstić information content (AvgIpc) is 2.23. The van der Waals surface area contributed by atoms with Crippen molar-refractivity contribution in [3.63, 3.8) is 0 Å². The van der Waals surface area contributed by atoms with Gasteiger partial charge < -0.3 is 15.1 Å². The Hall–Kier alpha value is -0.230. The summed E-state index contributed by atoms with van der Waals surface area (Å²) in [6.45, 7) is 6.05. The van der Waals surface area contributed by atoms with Crippen molar-refractivity contribution in [1.29, 1.82) is 0 Å². The van der Waals surface area contributed by atoms with Gasteiger partial charge in [0.05, 0.1) is 0 Å². The van der Waals surface area contributed by atoms with E-state index < -0.39 is 6.30 Å². The Morgan fingerprint density at radius 2 is 1.56 bits per heavy atom. The summed E-state index contributed by atoms with van der Waals surface area (Å²) in [5.74, 6) is 0. The lowest BCUT2D eigenvalue weighted by atomic mass is 10.4. The minimum atomic E-state index is -0.863. The van der Waals surface area contributed by atoms with Gasteiger partial charge in [-0.05, 0) is 21.1 Å². The zero-order chi connectivity index (χ0) is 12.0. The predicted molar refractivity (Wildman–Crippen MR) is 65.4 cm³/mol. The fourth-order valence-electron chi connectivity index (χ4n) is 1.73. The van der Waals surface area contributed by atoms with E-state index in [1.807, 2.05) is 19.0 Å². The molecule has 1 saturated heterocycles. The van der Waals surface area contributed by atoms with Gasteiger partial charge in [-0.25, -0.2) is 4.39 Å². The summed E-state index contributed by atoms with van der Waals surface area (Å²) in [7, 11) is 5.91. The number of nitrogens with one attached hydrogen (secondary N) is 1. The molecule has 0 aliphatic carbocycles.